The summed E-state index contributed by atoms with van der Waals surface area (Å²) in [4.78, 5) is 23.7. The molecule has 24 heavy (non-hydrogen) atoms. The van der Waals surface area contributed by atoms with Gasteiger partial charge in [0, 0.05) is 13.6 Å². The molecule has 0 radical (unpaired) electrons. The number of carbonyl (C=O) groups excluding carboxylic acids is 2. The number of urea groups is 1. The number of ether oxygens (including phenoxy) is 1. The Morgan fingerprint density at radius 1 is 1.00 bits per heavy atom. The van der Waals surface area contributed by atoms with Gasteiger partial charge in [-0.15, -0.1) is 0 Å². The van der Waals surface area contributed by atoms with E-state index in [9.17, 15) is 9.59 Å². The maximum atomic E-state index is 12.3. The fourth-order valence-electron chi connectivity index (χ4n) is 2.14. The normalized spacial score (nSPS) is 11.4. The molecule has 2 aromatic rings. The fraction of sp³-hybridized carbons (Fsp3) is 0.222. The molecule has 0 bridgehead atoms. The van der Waals surface area contributed by atoms with Gasteiger partial charge in [0.2, 0.25) is 5.91 Å². The van der Waals surface area contributed by atoms with Crippen molar-refractivity contribution >= 4 is 11.9 Å². The molecular weight excluding hydrogens is 306 g/mol. The molecule has 0 spiro atoms. The number of hydrogen-bond donors (Lipinski definition) is 3. The first-order chi connectivity index (χ1) is 11.7. The first-order valence-electron chi connectivity index (χ1n) is 7.69. The van der Waals surface area contributed by atoms with Crippen LogP contribution >= 0.6 is 0 Å². The largest absolute Gasteiger partial charge is 0.492 e. The molecule has 0 fully saturated rings. The second-order valence-corrected chi connectivity index (χ2v) is 5.03. The number of hydrogen-bond acceptors (Lipinski definition) is 4. The van der Waals surface area contributed by atoms with Gasteiger partial charge in [0.15, 0.2) is 0 Å². The first kappa shape index (κ1) is 17.5. The summed E-state index contributed by atoms with van der Waals surface area (Å²) in [6.45, 7) is 0.857. The third kappa shape index (κ3) is 5.40. The summed E-state index contributed by atoms with van der Waals surface area (Å²) in [5.74, 6) is 0.352. The minimum Gasteiger partial charge on any atom is -0.492 e. The molecule has 0 aliphatic carbocycles. The van der Waals surface area contributed by atoms with E-state index >= 15 is 0 Å². The number of amides is 3. The van der Waals surface area contributed by atoms with Crippen molar-refractivity contribution in [2.45, 2.75) is 6.04 Å². The summed E-state index contributed by atoms with van der Waals surface area (Å²) in [7, 11) is 1.46. The fourth-order valence-corrected chi connectivity index (χ4v) is 2.14. The van der Waals surface area contributed by atoms with Crippen molar-refractivity contribution in [3.63, 3.8) is 0 Å². The average Bonchev–Trinajstić information content (AvgIpc) is 2.63. The molecule has 0 aliphatic heterocycles. The van der Waals surface area contributed by atoms with Gasteiger partial charge in [0.05, 0.1) is 0 Å². The Morgan fingerprint density at radius 3 is 2.25 bits per heavy atom. The maximum absolute atomic E-state index is 12.3. The van der Waals surface area contributed by atoms with Crippen LogP contribution in [0.2, 0.25) is 0 Å². The number of benzene rings is 2. The minimum absolute atomic E-state index is 0.403. The lowest BCUT2D eigenvalue weighted by Crippen LogP contribution is -2.44. The average molecular weight is 327 g/mol. The zero-order chi connectivity index (χ0) is 17.2. The van der Waals surface area contributed by atoms with E-state index < -0.39 is 18.0 Å². The highest BCUT2D eigenvalue weighted by Gasteiger charge is 2.21. The summed E-state index contributed by atoms with van der Waals surface area (Å²) in [5.41, 5.74) is 0.776. The quantitative estimate of drug-likeness (QED) is 0.678. The van der Waals surface area contributed by atoms with Crippen molar-refractivity contribution < 1.29 is 14.3 Å². The summed E-state index contributed by atoms with van der Waals surface area (Å²) in [6.07, 6.45) is 0. The Labute approximate surface area is 141 Å². The van der Waals surface area contributed by atoms with E-state index in [0.29, 0.717) is 13.2 Å². The number of nitrogens with one attached hydrogen (secondary N) is 3. The maximum Gasteiger partial charge on any atom is 0.321 e. The van der Waals surface area contributed by atoms with Crippen molar-refractivity contribution in [2.75, 3.05) is 20.2 Å². The topological polar surface area (TPSA) is 79.5 Å². The molecule has 6 nitrogen and oxygen atoms in total. The Kier molecular flexibility index (Phi) is 6.79. The summed E-state index contributed by atoms with van der Waals surface area (Å²) in [5, 5.41) is 7.78. The second kappa shape index (κ2) is 9.32. The van der Waals surface area contributed by atoms with Gasteiger partial charge in [-0.05, 0) is 17.7 Å². The summed E-state index contributed by atoms with van der Waals surface area (Å²) >= 11 is 0. The second-order valence-electron chi connectivity index (χ2n) is 5.03. The molecule has 126 valence electrons. The van der Waals surface area contributed by atoms with Crippen LogP contribution in [-0.2, 0) is 4.79 Å². The number of carbonyl (C=O) groups is 2. The van der Waals surface area contributed by atoms with Crippen molar-refractivity contribution in [3.05, 3.63) is 66.2 Å². The van der Waals surface area contributed by atoms with E-state index in [1.54, 1.807) is 0 Å². The Balaban J connectivity index is 1.93. The monoisotopic (exact) mass is 327 g/mol. The lowest BCUT2D eigenvalue weighted by molar-refractivity contribution is -0.122. The van der Waals surface area contributed by atoms with Crippen LogP contribution in [0.5, 0.6) is 5.75 Å². The van der Waals surface area contributed by atoms with Gasteiger partial charge in [-0.25, -0.2) is 4.79 Å². The van der Waals surface area contributed by atoms with Gasteiger partial charge in [0.25, 0.3) is 0 Å². The van der Waals surface area contributed by atoms with E-state index in [1.165, 1.54) is 7.05 Å². The lowest BCUT2D eigenvalue weighted by Gasteiger charge is -2.18. The zero-order valence-corrected chi connectivity index (χ0v) is 13.5. The van der Waals surface area contributed by atoms with E-state index in [0.717, 1.165) is 11.3 Å². The van der Waals surface area contributed by atoms with Crippen LogP contribution in [0.4, 0.5) is 4.79 Å². The van der Waals surface area contributed by atoms with Crippen molar-refractivity contribution in [3.8, 4) is 5.75 Å². The molecule has 6 heteroatoms. The number of para-hydroxylation sites is 1. The highest BCUT2D eigenvalue weighted by molar-refractivity contribution is 5.97. The van der Waals surface area contributed by atoms with Crippen LogP contribution in [0.15, 0.2) is 60.7 Å². The highest BCUT2D eigenvalue weighted by Crippen LogP contribution is 2.13. The van der Waals surface area contributed by atoms with E-state index in [4.69, 9.17) is 4.74 Å². The molecule has 1 atom stereocenters. The standard InChI is InChI=1S/C18H21N3O3/c1-19-18(23)21-17(22)16(14-8-4-2-5-9-14)20-12-13-24-15-10-6-3-7-11-15/h2-11,16,20H,12-13H2,1H3,(H2,19,21,22,23)/t16-/m0/s1. The number of rotatable bonds is 7. The molecule has 3 amide bonds. The van der Waals surface area contributed by atoms with Crippen LogP contribution in [0.3, 0.4) is 0 Å². The minimum atomic E-state index is -0.636. The highest BCUT2D eigenvalue weighted by atomic mass is 16.5. The molecule has 0 saturated heterocycles. The lowest BCUT2D eigenvalue weighted by atomic mass is 10.1. The zero-order valence-electron chi connectivity index (χ0n) is 13.5. The van der Waals surface area contributed by atoms with Gasteiger partial charge in [-0.1, -0.05) is 48.5 Å². The molecule has 2 rings (SSSR count). The Morgan fingerprint density at radius 2 is 1.62 bits per heavy atom. The first-order valence-corrected chi connectivity index (χ1v) is 7.69. The van der Waals surface area contributed by atoms with Crippen LogP contribution in [0.1, 0.15) is 11.6 Å². The van der Waals surface area contributed by atoms with E-state index in [-0.39, 0.29) is 0 Å². The molecule has 2 aromatic carbocycles. The molecular formula is C18H21N3O3. The van der Waals surface area contributed by atoms with Gasteiger partial charge >= 0.3 is 6.03 Å². The van der Waals surface area contributed by atoms with Crippen molar-refractivity contribution in [1.29, 1.82) is 0 Å². The van der Waals surface area contributed by atoms with Crippen molar-refractivity contribution in [1.82, 2.24) is 16.0 Å². The molecule has 0 heterocycles. The summed E-state index contributed by atoms with van der Waals surface area (Å²) in [6, 6.07) is 17.5. The van der Waals surface area contributed by atoms with Crippen LogP contribution in [-0.4, -0.2) is 32.1 Å². The Hall–Kier alpha value is -2.86. The summed E-state index contributed by atoms with van der Waals surface area (Å²) < 4.78 is 5.60. The predicted octanol–water partition coefficient (Wildman–Crippen LogP) is 1.85. The van der Waals surface area contributed by atoms with Gasteiger partial charge in [-0.3, -0.25) is 15.4 Å². The molecule has 0 unspecified atom stereocenters. The third-order valence-electron chi connectivity index (χ3n) is 3.32. The van der Waals surface area contributed by atoms with Crippen LogP contribution in [0.25, 0.3) is 0 Å². The van der Waals surface area contributed by atoms with E-state index in [2.05, 4.69) is 16.0 Å². The smallest absolute Gasteiger partial charge is 0.321 e. The molecule has 0 aliphatic rings. The van der Waals surface area contributed by atoms with Crippen LogP contribution < -0.4 is 20.7 Å². The predicted molar refractivity (Wildman–Crippen MR) is 91.7 cm³/mol. The van der Waals surface area contributed by atoms with Gasteiger partial charge < -0.3 is 10.1 Å². The van der Waals surface area contributed by atoms with E-state index in [1.807, 2.05) is 60.7 Å². The SMILES string of the molecule is CNC(=O)NC(=O)[C@@H](NCCOc1ccccc1)c1ccccc1. The molecule has 3 N–H and O–H groups in total. The number of imide groups is 1. The van der Waals surface area contributed by atoms with Crippen molar-refractivity contribution in [2.24, 2.45) is 0 Å². The molecule has 0 saturated carbocycles. The van der Waals surface area contributed by atoms with Crippen LogP contribution in [0, 0.1) is 0 Å². The Bertz CT molecular complexity index is 647. The van der Waals surface area contributed by atoms with Gasteiger partial charge in [0.1, 0.15) is 18.4 Å². The molecule has 0 aromatic heterocycles. The van der Waals surface area contributed by atoms with Gasteiger partial charge in [-0.2, -0.15) is 0 Å². The third-order valence-corrected chi connectivity index (χ3v) is 3.32.